The van der Waals surface area contributed by atoms with E-state index in [1.807, 2.05) is 13.8 Å². The van der Waals surface area contributed by atoms with E-state index in [1.165, 1.54) is 0 Å². The Kier molecular flexibility index (Phi) is 3.90. The monoisotopic (exact) mass is 274 g/mol. The molecule has 0 aliphatic carbocycles. The predicted octanol–water partition coefficient (Wildman–Crippen LogP) is 2.66. The number of nitrogens with two attached hydrogens (primary N) is 1. The largest absolute Gasteiger partial charge is 0.339 e. The molecule has 0 fully saturated rings. The minimum atomic E-state index is -0.0251. The van der Waals surface area contributed by atoms with Gasteiger partial charge in [0.05, 0.1) is 0 Å². The van der Waals surface area contributed by atoms with Gasteiger partial charge in [-0.15, -0.1) is 0 Å². The zero-order chi connectivity index (χ0) is 14.9. The molecule has 0 aliphatic rings. The second-order valence-corrected chi connectivity index (χ2v) is 6.37. The lowest BCUT2D eigenvalue weighted by Crippen LogP contribution is -2.36. The Balaban J connectivity index is 2.21. The molecular weight excluding hydrogens is 252 g/mol. The Hall–Kier alpha value is -1.75. The maximum Gasteiger partial charge on any atom is 0.228 e. The molecule has 0 aromatic carbocycles. The van der Waals surface area contributed by atoms with E-state index in [0.29, 0.717) is 18.1 Å². The maximum atomic E-state index is 6.14. The molecule has 108 valence electrons. The molecule has 1 unspecified atom stereocenters. The molecule has 2 aromatic heterocycles. The van der Waals surface area contributed by atoms with Crippen LogP contribution in [-0.2, 0) is 6.42 Å². The van der Waals surface area contributed by atoms with Crippen molar-refractivity contribution in [3.05, 3.63) is 29.3 Å². The van der Waals surface area contributed by atoms with Gasteiger partial charge in [-0.05, 0) is 30.4 Å². The van der Waals surface area contributed by atoms with E-state index in [-0.39, 0.29) is 11.5 Å². The third-order valence-corrected chi connectivity index (χ3v) is 3.40. The number of aryl methyl sites for hydroxylation is 2. The molecule has 0 saturated heterocycles. The summed E-state index contributed by atoms with van der Waals surface area (Å²) < 4.78 is 5.29. The molecule has 2 aromatic rings. The number of rotatable bonds is 3. The predicted molar refractivity (Wildman–Crippen MR) is 78.1 cm³/mol. The van der Waals surface area contributed by atoms with Crippen molar-refractivity contribution in [1.29, 1.82) is 0 Å². The van der Waals surface area contributed by atoms with Crippen molar-refractivity contribution in [2.45, 2.75) is 47.1 Å². The van der Waals surface area contributed by atoms with Crippen LogP contribution in [0.25, 0.3) is 11.5 Å². The van der Waals surface area contributed by atoms with E-state index in [1.54, 1.807) is 6.20 Å². The molecular formula is C15H22N4O. The van der Waals surface area contributed by atoms with Crippen molar-refractivity contribution in [3.63, 3.8) is 0 Å². The summed E-state index contributed by atoms with van der Waals surface area (Å²) in [5, 5.41) is 4.01. The molecule has 0 spiro atoms. The summed E-state index contributed by atoms with van der Waals surface area (Å²) in [6, 6.07) is 2.03. The number of aromatic nitrogens is 3. The lowest BCUT2D eigenvalue weighted by atomic mass is 9.85. The van der Waals surface area contributed by atoms with Crippen molar-refractivity contribution in [2.24, 2.45) is 11.1 Å². The molecule has 2 rings (SSSR count). The van der Waals surface area contributed by atoms with Crippen LogP contribution in [0.4, 0.5) is 0 Å². The van der Waals surface area contributed by atoms with E-state index in [0.717, 1.165) is 16.8 Å². The fourth-order valence-corrected chi connectivity index (χ4v) is 1.88. The first kappa shape index (κ1) is 14.7. The highest BCUT2D eigenvalue weighted by Gasteiger charge is 2.23. The number of nitrogens with zero attached hydrogens (tertiary/aromatic N) is 3. The lowest BCUT2D eigenvalue weighted by molar-refractivity contribution is 0.286. The van der Waals surface area contributed by atoms with Gasteiger partial charge in [0.25, 0.3) is 0 Å². The average Bonchev–Trinajstić information content (AvgIpc) is 2.76. The minimum absolute atomic E-state index is 0.00661. The Labute approximate surface area is 119 Å². The molecule has 20 heavy (non-hydrogen) atoms. The van der Waals surface area contributed by atoms with Crippen LogP contribution in [0, 0.1) is 19.3 Å². The van der Waals surface area contributed by atoms with Crippen LogP contribution in [0.15, 0.2) is 16.8 Å². The van der Waals surface area contributed by atoms with Crippen molar-refractivity contribution >= 4 is 0 Å². The smallest absolute Gasteiger partial charge is 0.228 e. The molecule has 0 amide bonds. The van der Waals surface area contributed by atoms with Crippen LogP contribution in [0.3, 0.4) is 0 Å². The van der Waals surface area contributed by atoms with Crippen LogP contribution in [-0.4, -0.2) is 21.2 Å². The van der Waals surface area contributed by atoms with Gasteiger partial charge in [0.15, 0.2) is 0 Å². The second-order valence-electron chi connectivity index (χ2n) is 6.37. The van der Waals surface area contributed by atoms with Crippen LogP contribution in [0.5, 0.6) is 0 Å². The molecule has 5 heteroatoms. The highest BCUT2D eigenvalue weighted by atomic mass is 16.5. The van der Waals surface area contributed by atoms with Gasteiger partial charge in [-0.1, -0.05) is 32.0 Å². The molecule has 2 N–H and O–H groups in total. The van der Waals surface area contributed by atoms with E-state index >= 15 is 0 Å². The first-order valence-electron chi connectivity index (χ1n) is 6.79. The summed E-state index contributed by atoms with van der Waals surface area (Å²) in [5.74, 6) is 1.09. The zero-order valence-electron chi connectivity index (χ0n) is 12.8. The summed E-state index contributed by atoms with van der Waals surface area (Å²) in [6.45, 7) is 10.3. The summed E-state index contributed by atoms with van der Waals surface area (Å²) in [7, 11) is 0. The van der Waals surface area contributed by atoms with Crippen molar-refractivity contribution in [3.8, 4) is 11.5 Å². The van der Waals surface area contributed by atoms with E-state index < -0.39 is 0 Å². The standard InChI is InChI=1S/C15H22N4O/c1-9-6-10(2)13(17-8-9)14-18-12(20-19-14)7-11(16)15(3,4)5/h6,8,11H,7,16H2,1-5H3. The number of pyridine rings is 1. The molecule has 0 aliphatic heterocycles. The van der Waals surface area contributed by atoms with Gasteiger partial charge in [0, 0.05) is 18.7 Å². The van der Waals surface area contributed by atoms with Gasteiger partial charge < -0.3 is 10.3 Å². The minimum Gasteiger partial charge on any atom is -0.339 e. The van der Waals surface area contributed by atoms with Crippen LogP contribution < -0.4 is 5.73 Å². The Morgan fingerprint density at radius 1 is 1.30 bits per heavy atom. The van der Waals surface area contributed by atoms with Crippen LogP contribution in [0.2, 0.25) is 0 Å². The number of hydrogen-bond acceptors (Lipinski definition) is 5. The maximum absolute atomic E-state index is 6.14. The SMILES string of the molecule is Cc1cnc(-c2noc(CC(N)C(C)(C)C)n2)c(C)c1. The van der Waals surface area contributed by atoms with Crippen LogP contribution >= 0.6 is 0 Å². The molecule has 0 radical (unpaired) electrons. The zero-order valence-corrected chi connectivity index (χ0v) is 12.8. The highest BCUT2D eigenvalue weighted by molar-refractivity contribution is 5.53. The van der Waals surface area contributed by atoms with Gasteiger partial charge in [0.1, 0.15) is 5.69 Å². The van der Waals surface area contributed by atoms with Crippen LogP contribution in [0.1, 0.15) is 37.8 Å². The molecule has 0 saturated carbocycles. The molecule has 0 bridgehead atoms. The van der Waals surface area contributed by atoms with Crippen molar-refractivity contribution in [1.82, 2.24) is 15.1 Å². The quantitative estimate of drug-likeness (QED) is 0.931. The Morgan fingerprint density at radius 3 is 2.60 bits per heavy atom. The third-order valence-electron chi connectivity index (χ3n) is 3.40. The van der Waals surface area contributed by atoms with Crippen molar-refractivity contribution < 1.29 is 4.52 Å². The molecule has 2 heterocycles. The lowest BCUT2D eigenvalue weighted by Gasteiger charge is -2.25. The van der Waals surface area contributed by atoms with Gasteiger partial charge in [-0.3, -0.25) is 4.98 Å². The van der Waals surface area contributed by atoms with Gasteiger partial charge in [-0.25, -0.2) is 0 Å². The fourth-order valence-electron chi connectivity index (χ4n) is 1.88. The first-order valence-corrected chi connectivity index (χ1v) is 6.79. The Bertz CT molecular complexity index is 598. The summed E-state index contributed by atoms with van der Waals surface area (Å²) in [6.07, 6.45) is 2.38. The van der Waals surface area contributed by atoms with Gasteiger partial charge in [0.2, 0.25) is 11.7 Å². The normalized spacial score (nSPS) is 13.5. The Morgan fingerprint density at radius 2 is 2.00 bits per heavy atom. The fraction of sp³-hybridized carbons (Fsp3) is 0.533. The highest BCUT2D eigenvalue weighted by Crippen LogP contribution is 2.22. The van der Waals surface area contributed by atoms with E-state index in [4.69, 9.17) is 10.3 Å². The average molecular weight is 274 g/mol. The first-order chi connectivity index (χ1) is 9.27. The number of hydrogen-bond donors (Lipinski definition) is 1. The summed E-state index contributed by atoms with van der Waals surface area (Å²) in [5.41, 5.74) is 9.06. The summed E-state index contributed by atoms with van der Waals surface area (Å²) >= 11 is 0. The van der Waals surface area contributed by atoms with E-state index in [9.17, 15) is 0 Å². The summed E-state index contributed by atoms with van der Waals surface area (Å²) in [4.78, 5) is 8.78. The molecule has 5 nitrogen and oxygen atoms in total. The molecule has 1 atom stereocenters. The van der Waals surface area contributed by atoms with E-state index in [2.05, 4.69) is 42.0 Å². The van der Waals surface area contributed by atoms with Crippen molar-refractivity contribution in [2.75, 3.05) is 0 Å². The topological polar surface area (TPSA) is 77.8 Å². The second kappa shape index (κ2) is 5.32. The van der Waals surface area contributed by atoms with Gasteiger partial charge >= 0.3 is 0 Å². The third kappa shape index (κ3) is 3.22. The van der Waals surface area contributed by atoms with Gasteiger partial charge in [-0.2, -0.15) is 4.98 Å².